The maximum Gasteiger partial charge on any atom is 0.144 e. The van der Waals surface area contributed by atoms with E-state index in [-0.39, 0.29) is 11.3 Å². The van der Waals surface area contributed by atoms with Gasteiger partial charge in [-0.25, -0.2) is 0 Å². The van der Waals surface area contributed by atoms with E-state index in [0.29, 0.717) is 23.0 Å². The largest absolute Gasteiger partial charge is 0.409 e. The summed E-state index contributed by atoms with van der Waals surface area (Å²) in [6.07, 6.45) is 0.700. The minimum atomic E-state index is -0.382. The molecule has 0 bridgehead atoms. The zero-order valence-corrected chi connectivity index (χ0v) is 11.9. The monoisotopic (exact) mass is 289 g/mol. The van der Waals surface area contributed by atoms with Crippen molar-refractivity contribution >= 4 is 34.7 Å². The number of anilines is 1. The van der Waals surface area contributed by atoms with Gasteiger partial charge in [-0.1, -0.05) is 42.2 Å². The molecule has 0 radical (unpaired) electrons. The van der Waals surface area contributed by atoms with Crippen LogP contribution in [0.5, 0.6) is 0 Å². The Morgan fingerprint density at radius 2 is 2.11 bits per heavy atom. The SMILES string of the molecule is CC(C)(CCNc1cc(Cl)ccc1Cl)C(N)=NO. The van der Waals surface area contributed by atoms with Crippen LogP contribution in [0.4, 0.5) is 5.69 Å². The molecular weight excluding hydrogens is 273 g/mol. The molecule has 0 atom stereocenters. The summed E-state index contributed by atoms with van der Waals surface area (Å²) in [7, 11) is 0. The van der Waals surface area contributed by atoms with Crippen molar-refractivity contribution < 1.29 is 5.21 Å². The van der Waals surface area contributed by atoms with Crippen molar-refractivity contribution in [1.29, 1.82) is 0 Å². The Labute approximate surface area is 117 Å². The number of rotatable bonds is 5. The number of hydrogen-bond acceptors (Lipinski definition) is 3. The van der Waals surface area contributed by atoms with Crippen LogP contribution in [0.25, 0.3) is 0 Å². The second-order valence-electron chi connectivity index (χ2n) is 4.67. The molecule has 0 saturated carbocycles. The predicted molar refractivity (Wildman–Crippen MR) is 76.8 cm³/mol. The maximum absolute atomic E-state index is 8.67. The first-order valence-electron chi connectivity index (χ1n) is 5.54. The average molecular weight is 290 g/mol. The van der Waals surface area contributed by atoms with Crippen LogP contribution < -0.4 is 11.1 Å². The third-order valence-electron chi connectivity index (χ3n) is 2.79. The van der Waals surface area contributed by atoms with Gasteiger partial charge in [-0.15, -0.1) is 0 Å². The van der Waals surface area contributed by atoms with Gasteiger partial charge in [0.1, 0.15) is 5.84 Å². The molecule has 0 unspecified atom stereocenters. The number of nitrogens with one attached hydrogen (secondary N) is 1. The Bertz CT molecular complexity index is 447. The van der Waals surface area contributed by atoms with Gasteiger partial charge in [0, 0.05) is 17.0 Å². The van der Waals surface area contributed by atoms with Crippen LogP contribution in [0.3, 0.4) is 0 Å². The Balaban J connectivity index is 2.59. The van der Waals surface area contributed by atoms with E-state index in [9.17, 15) is 0 Å². The molecular formula is C12H17Cl2N3O. The molecule has 0 aliphatic carbocycles. The lowest BCUT2D eigenvalue weighted by Gasteiger charge is -2.23. The van der Waals surface area contributed by atoms with Gasteiger partial charge in [0.15, 0.2) is 0 Å². The third kappa shape index (κ3) is 3.96. The van der Waals surface area contributed by atoms with Gasteiger partial charge < -0.3 is 16.3 Å². The summed E-state index contributed by atoms with van der Waals surface area (Å²) in [5.41, 5.74) is 6.00. The molecule has 18 heavy (non-hydrogen) atoms. The van der Waals surface area contributed by atoms with Crippen LogP contribution in [-0.4, -0.2) is 17.6 Å². The highest BCUT2D eigenvalue weighted by Gasteiger charge is 2.23. The van der Waals surface area contributed by atoms with Crippen LogP contribution in [0, 0.1) is 5.41 Å². The minimum Gasteiger partial charge on any atom is -0.409 e. The molecule has 1 aromatic carbocycles. The molecule has 0 spiro atoms. The van der Waals surface area contributed by atoms with Gasteiger partial charge in [-0.05, 0) is 24.6 Å². The fourth-order valence-corrected chi connectivity index (χ4v) is 1.76. The highest BCUT2D eigenvalue weighted by atomic mass is 35.5. The lowest BCUT2D eigenvalue weighted by molar-refractivity contribution is 0.306. The second kappa shape index (κ2) is 6.16. The highest BCUT2D eigenvalue weighted by Crippen LogP contribution is 2.26. The van der Waals surface area contributed by atoms with E-state index in [4.69, 9.17) is 34.1 Å². The molecule has 4 N–H and O–H groups in total. The molecule has 100 valence electrons. The molecule has 6 heteroatoms. The van der Waals surface area contributed by atoms with Crippen LogP contribution in [-0.2, 0) is 0 Å². The van der Waals surface area contributed by atoms with Gasteiger partial charge in [0.05, 0.1) is 10.7 Å². The van der Waals surface area contributed by atoms with Crippen molar-refractivity contribution in [1.82, 2.24) is 0 Å². The number of benzene rings is 1. The summed E-state index contributed by atoms with van der Waals surface area (Å²) < 4.78 is 0. The Hall–Kier alpha value is -1.13. The zero-order chi connectivity index (χ0) is 13.8. The Morgan fingerprint density at radius 1 is 1.44 bits per heavy atom. The highest BCUT2D eigenvalue weighted by molar-refractivity contribution is 6.35. The molecule has 0 saturated heterocycles. The lowest BCUT2D eigenvalue weighted by Crippen LogP contribution is -2.33. The Morgan fingerprint density at radius 3 is 2.72 bits per heavy atom. The zero-order valence-electron chi connectivity index (χ0n) is 10.4. The first-order chi connectivity index (χ1) is 8.36. The number of hydrogen-bond donors (Lipinski definition) is 3. The van der Waals surface area contributed by atoms with E-state index >= 15 is 0 Å². The molecule has 1 aromatic rings. The summed E-state index contributed by atoms with van der Waals surface area (Å²) in [5.74, 6) is 0.210. The molecule has 0 fully saturated rings. The van der Waals surface area contributed by atoms with Crippen molar-refractivity contribution in [2.24, 2.45) is 16.3 Å². The normalized spacial score (nSPS) is 12.6. The number of oxime groups is 1. The van der Waals surface area contributed by atoms with E-state index in [1.54, 1.807) is 18.2 Å². The first kappa shape index (κ1) is 14.9. The molecule has 0 heterocycles. The van der Waals surface area contributed by atoms with Gasteiger partial charge in [0.2, 0.25) is 0 Å². The molecule has 1 rings (SSSR count). The van der Waals surface area contributed by atoms with Crippen molar-refractivity contribution in [3.63, 3.8) is 0 Å². The van der Waals surface area contributed by atoms with Gasteiger partial charge >= 0.3 is 0 Å². The van der Waals surface area contributed by atoms with Gasteiger partial charge in [-0.2, -0.15) is 0 Å². The van der Waals surface area contributed by atoms with Crippen LogP contribution in [0.1, 0.15) is 20.3 Å². The van der Waals surface area contributed by atoms with Crippen LogP contribution in [0.15, 0.2) is 23.4 Å². The van der Waals surface area contributed by atoms with E-state index in [1.807, 2.05) is 13.8 Å². The fraction of sp³-hybridized carbons (Fsp3) is 0.417. The summed E-state index contributed by atoms with van der Waals surface area (Å²) >= 11 is 11.9. The number of nitrogens with zero attached hydrogens (tertiary/aromatic N) is 1. The summed E-state index contributed by atoms with van der Waals surface area (Å²) in [6.45, 7) is 4.45. The lowest BCUT2D eigenvalue weighted by atomic mass is 9.88. The van der Waals surface area contributed by atoms with Crippen molar-refractivity contribution in [2.75, 3.05) is 11.9 Å². The van der Waals surface area contributed by atoms with E-state index in [0.717, 1.165) is 5.69 Å². The van der Waals surface area contributed by atoms with Gasteiger partial charge in [-0.3, -0.25) is 0 Å². The van der Waals surface area contributed by atoms with Gasteiger partial charge in [0.25, 0.3) is 0 Å². The molecule has 0 aromatic heterocycles. The van der Waals surface area contributed by atoms with Crippen molar-refractivity contribution in [3.8, 4) is 0 Å². The predicted octanol–water partition coefficient (Wildman–Crippen LogP) is 3.57. The Kier molecular flexibility index (Phi) is 5.11. The van der Waals surface area contributed by atoms with E-state index in [2.05, 4.69) is 10.5 Å². The molecule has 0 aliphatic rings. The molecule has 4 nitrogen and oxygen atoms in total. The average Bonchev–Trinajstić information content (AvgIpc) is 2.32. The number of halogens is 2. The number of nitrogens with two attached hydrogens (primary N) is 1. The minimum absolute atomic E-state index is 0.210. The third-order valence-corrected chi connectivity index (χ3v) is 3.36. The number of amidine groups is 1. The molecule has 0 aliphatic heterocycles. The summed E-state index contributed by atoms with van der Waals surface area (Å²) in [6, 6.07) is 5.23. The van der Waals surface area contributed by atoms with E-state index < -0.39 is 0 Å². The van der Waals surface area contributed by atoms with Crippen molar-refractivity contribution in [3.05, 3.63) is 28.2 Å². The molecule has 0 amide bonds. The van der Waals surface area contributed by atoms with Crippen LogP contribution in [0.2, 0.25) is 10.0 Å². The first-order valence-corrected chi connectivity index (χ1v) is 6.29. The van der Waals surface area contributed by atoms with Crippen LogP contribution >= 0.6 is 23.2 Å². The summed E-state index contributed by atoms with van der Waals surface area (Å²) in [4.78, 5) is 0. The van der Waals surface area contributed by atoms with Crippen molar-refractivity contribution in [2.45, 2.75) is 20.3 Å². The quantitative estimate of drug-likeness (QED) is 0.336. The maximum atomic E-state index is 8.67. The van der Waals surface area contributed by atoms with E-state index in [1.165, 1.54) is 0 Å². The fourth-order valence-electron chi connectivity index (χ4n) is 1.41. The smallest absolute Gasteiger partial charge is 0.144 e. The topological polar surface area (TPSA) is 70.6 Å². The second-order valence-corrected chi connectivity index (χ2v) is 5.51. The standard InChI is InChI=1S/C12H17Cl2N3O/c1-12(2,11(15)17-18)5-6-16-10-7-8(13)3-4-9(10)14/h3-4,7,16,18H,5-6H2,1-2H3,(H2,15,17). The summed E-state index contributed by atoms with van der Waals surface area (Å²) in [5, 5.41) is 16.1.